The number of pyridine rings is 1. The van der Waals surface area contributed by atoms with Gasteiger partial charge in [-0.15, -0.1) is 0 Å². The minimum Gasteiger partial charge on any atom is -0.469 e. The normalized spacial score (nSPS) is 20.6. The van der Waals surface area contributed by atoms with Crippen LogP contribution in [0.4, 0.5) is 0 Å². The zero-order valence-corrected chi connectivity index (χ0v) is 20.9. The summed E-state index contributed by atoms with van der Waals surface area (Å²) in [6, 6.07) is 18.1. The number of hydrogen-bond donors (Lipinski definition) is 1. The van der Waals surface area contributed by atoms with Crippen LogP contribution in [0.25, 0.3) is 0 Å². The second-order valence-electron chi connectivity index (χ2n) is 9.19. The van der Waals surface area contributed by atoms with Crippen LogP contribution in [-0.2, 0) is 20.9 Å². The van der Waals surface area contributed by atoms with Crippen LogP contribution in [0.2, 0.25) is 0 Å². The van der Waals surface area contributed by atoms with Gasteiger partial charge >= 0.3 is 5.97 Å². The number of benzene rings is 2. The van der Waals surface area contributed by atoms with Gasteiger partial charge in [0.2, 0.25) is 5.91 Å². The predicted molar refractivity (Wildman–Crippen MR) is 136 cm³/mol. The molecule has 0 spiro atoms. The summed E-state index contributed by atoms with van der Waals surface area (Å²) in [5.41, 5.74) is 3.41. The van der Waals surface area contributed by atoms with Gasteiger partial charge in [-0.2, -0.15) is 5.26 Å². The Kier molecular flexibility index (Phi) is 7.63. The first-order chi connectivity index (χ1) is 17.8. The first-order valence-corrected chi connectivity index (χ1v) is 12.0. The fraction of sp³-hybridized carbons (Fsp3) is 0.276. The molecule has 1 fully saturated rings. The minimum absolute atomic E-state index is 0.279. The van der Waals surface area contributed by atoms with E-state index in [1.54, 1.807) is 49.5 Å². The van der Waals surface area contributed by atoms with E-state index in [-0.39, 0.29) is 12.5 Å². The number of ether oxygens (including phenoxy) is 1. The maximum atomic E-state index is 13.9. The summed E-state index contributed by atoms with van der Waals surface area (Å²) in [4.78, 5) is 46.1. The molecule has 4 atom stereocenters. The Morgan fingerprint density at radius 2 is 1.78 bits per heavy atom. The highest BCUT2D eigenvalue weighted by Gasteiger charge is 2.55. The lowest BCUT2D eigenvalue weighted by molar-refractivity contribution is -0.147. The van der Waals surface area contributed by atoms with Crippen molar-refractivity contribution >= 4 is 17.8 Å². The topological polar surface area (TPSA) is 112 Å². The lowest BCUT2D eigenvalue weighted by Gasteiger charge is -2.31. The van der Waals surface area contributed by atoms with Crippen molar-refractivity contribution in [2.75, 3.05) is 7.11 Å². The second-order valence-corrected chi connectivity index (χ2v) is 9.19. The SMILES string of the molecule is COC(=O)C1C(C)C(C(=O)NCc2ccc(C)cc2)N(C(=O)c2cccnc2)C1c1ccc(C#N)cc1. The molecule has 2 heterocycles. The molecule has 0 bridgehead atoms. The highest BCUT2D eigenvalue weighted by molar-refractivity contribution is 5.99. The number of carbonyl (C=O) groups excluding carboxylic acids is 3. The van der Waals surface area contributed by atoms with Crippen molar-refractivity contribution in [3.63, 3.8) is 0 Å². The predicted octanol–water partition coefficient (Wildman–Crippen LogP) is 3.57. The number of nitrogens with zero attached hydrogens (tertiary/aromatic N) is 3. The Hall–Kier alpha value is -4.51. The van der Waals surface area contributed by atoms with Crippen LogP contribution in [0.1, 0.15) is 45.6 Å². The standard InChI is InChI=1S/C29H28N4O4/c1-18-6-8-21(9-7-18)16-32-27(34)25-19(2)24(29(36)37-3)26(22-12-10-20(15-30)11-13-22)33(25)28(35)23-5-4-14-31-17-23/h4-14,17,19,24-26H,16H2,1-3H3,(H,32,34). The van der Waals surface area contributed by atoms with E-state index in [1.807, 2.05) is 31.2 Å². The molecular weight excluding hydrogens is 468 g/mol. The van der Waals surface area contributed by atoms with Crippen molar-refractivity contribution in [2.24, 2.45) is 11.8 Å². The maximum Gasteiger partial charge on any atom is 0.311 e. The van der Waals surface area contributed by atoms with E-state index < -0.39 is 35.8 Å². The van der Waals surface area contributed by atoms with Crippen molar-refractivity contribution in [1.29, 1.82) is 5.26 Å². The van der Waals surface area contributed by atoms with Crippen molar-refractivity contribution in [2.45, 2.75) is 32.5 Å². The Balaban J connectivity index is 1.76. The average molecular weight is 497 g/mol. The molecule has 37 heavy (non-hydrogen) atoms. The summed E-state index contributed by atoms with van der Waals surface area (Å²) in [5, 5.41) is 12.2. The van der Waals surface area contributed by atoms with Gasteiger partial charge in [-0.1, -0.05) is 48.9 Å². The molecule has 4 unspecified atom stereocenters. The molecule has 188 valence electrons. The Morgan fingerprint density at radius 3 is 2.38 bits per heavy atom. The quantitative estimate of drug-likeness (QED) is 0.522. The number of likely N-dealkylation sites (tertiary alicyclic amines) is 1. The minimum atomic E-state index is -0.942. The molecule has 0 aliphatic carbocycles. The number of amides is 2. The van der Waals surface area contributed by atoms with Gasteiger partial charge in [0.1, 0.15) is 6.04 Å². The molecule has 0 radical (unpaired) electrons. The molecule has 3 aromatic rings. The number of hydrogen-bond acceptors (Lipinski definition) is 6. The molecule has 4 rings (SSSR count). The van der Waals surface area contributed by atoms with Crippen LogP contribution in [-0.4, -0.2) is 40.8 Å². The summed E-state index contributed by atoms with van der Waals surface area (Å²) >= 11 is 0. The lowest BCUT2D eigenvalue weighted by atomic mass is 9.85. The van der Waals surface area contributed by atoms with Crippen LogP contribution < -0.4 is 5.32 Å². The Bertz CT molecular complexity index is 1320. The largest absolute Gasteiger partial charge is 0.469 e. The van der Waals surface area contributed by atoms with Crippen LogP contribution in [0.15, 0.2) is 73.1 Å². The fourth-order valence-electron chi connectivity index (χ4n) is 4.94. The highest BCUT2D eigenvalue weighted by atomic mass is 16.5. The third-order valence-corrected chi connectivity index (χ3v) is 6.86. The fourth-order valence-corrected chi connectivity index (χ4v) is 4.94. The molecule has 2 aromatic carbocycles. The maximum absolute atomic E-state index is 13.9. The van der Waals surface area contributed by atoms with E-state index in [0.717, 1.165) is 11.1 Å². The third-order valence-electron chi connectivity index (χ3n) is 6.86. The average Bonchev–Trinajstić information content (AvgIpc) is 3.24. The number of aromatic nitrogens is 1. The van der Waals surface area contributed by atoms with Crippen molar-refractivity contribution in [1.82, 2.24) is 15.2 Å². The summed E-state index contributed by atoms with van der Waals surface area (Å²) in [6.45, 7) is 4.05. The third kappa shape index (κ3) is 5.21. The van der Waals surface area contributed by atoms with E-state index in [2.05, 4.69) is 16.4 Å². The molecule has 1 aliphatic rings. The molecular formula is C29H28N4O4. The van der Waals surface area contributed by atoms with Gasteiger partial charge in [-0.05, 0) is 42.3 Å². The van der Waals surface area contributed by atoms with Crippen LogP contribution >= 0.6 is 0 Å². The first kappa shape index (κ1) is 25.6. The molecule has 8 nitrogen and oxygen atoms in total. The van der Waals surface area contributed by atoms with Gasteiger partial charge in [0.15, 0.2) is 0 Å². The number of carbonyl (C=O) groups is 3. The van der Waals surface area contributed by atoms with Crippen molar-refractivity contribution in [3.05, 3.63) is 101 Å². The smallest absolute Gasteiger partial charge is 0.311 e. The van der Waals surface area contributed by atoms with Crippen LogP contribution in [0.5, 0.6) is 0 Å². The van der Waals surface area contributed by atoms with E-state index in [9.17, 15) is 19.6 Å². The summed E-state index contributed by atoms with van der Waals surface area (Å²) in [6.07, 6.45) is 3.00. The number of rotatable bonds is 6. The molecule has 2 amide bonds. The number of aryl methyl sites for hydroxylation is 1. The lowest BCUT2D eigenvalue weighted by Crippen LogP contribution is -2.48. The molecule has 1 N–H and O–H groups in total. The number of methoxy groups -OCH3 is 1. The summed E-state index contributed by atoms with van der Waals surface area (Å²) < 4.78 is 5.13. The van der Waals surface area contributed by atoms with Gasteiger partial charge in [0.05, 0.1) is 36.3 Å². The number of esters is 1. The molecule has 1 saturated heterocycles. The van der Waals surface area contributed by atoms with E-state index in [4.69, 9.17) is 4.74 Å². The van der Waals surface area contributed by atoms with Crippen LogP contribution in [0.3, 0.4) is 0 Å². The molecule has 8 heteroatoms. The van der Waals surface area contributed by atoms with E-state index in [1.165, 1.54) is 18.2 Å². The Labute approximate surface area is 215 Å². The van der Waals surface area contributed by atoms with Gasteiger partial charge in [-0.3, -0.25) is 19.4 Å². The van der Waals surface area contributed by atoms with Crippen molar-refractivity contribution < 1.29 is 19.1 Å². The molecule has 0 saturated carbocycles. The van der Waals surface area contributed by atoms with Crippen LogP contribution in [0, 0.1) is 30.1 Å². The summed E-state index contributed by atoms with van der Waals surface area (Å²) in [5.74, 6) is -2.65. The monoisotopic (exact) mass is 496 g/mol. The van der Waals surface area contributed by atoms with Gasteiger partial charge in [-0.25, -0.2) is 0 Å². The zero-order valence-electron chi connectivity index (χ0n) is 20.9. The summed E-state index contributed by atoms with van der Waals surface area (Å²) in [7, 11) is 1.29. The zero-order chi connectivity index (χ0) is 26.5. The number of nitriles is 1. The van der Waals surface area contributed by atoms with Crippen molar-refractivity contribution in [3.8, 4) is 6.07 Å². The van der Waals surface area contributed by atoms with Gasteiger partial charge in [0, 0.05) is 24.9 Å². The van der Waals surface area contributed by atoms with E-state index >= 15 is 0 Å². The number of nitrogens with one attached hydrogen (secondary N) is 1. The van der Waals surface area contributed by atoms with Gasteiger partial charge < -0.3 is 15.0 Å². The highest BCUT2D eigenvalue weighted by Crippen LogP contribution is 2.46. The first-order valence-electron chi connectivity index (χ1n) is 12.0. The second kappa shape index (κ2) is 11.0. The molecule has 1 aliphatic heterocycles. The van der Waals surface area contributed by atoms with E-state index in [0.29, 0.717) is 16.7 Å². The van der Waals surface area contributed by atoms with Gasteiger partial charge in [0.25, 0.3) is 5.91 Å². The molecule has 1 aromatic heterocycles. The Morgan fingerprint density at radius 1 is 1.08 bits per heavy atom.